The van der Waals surface area contributed by atoms with Gasteiger partial charge in [0.15, 0.2) is 11.4 Å². The third kappa shape index (κ3) is 5.05. The van der Waals surface area contributed by atoms with Crippen molar-refractivity contribution in [3.05, 3.63) is 47.3 Å². The zero-order chi connectivity index (χ0) is 23.6. The molecule has 1 fully saturated rings. The minimum absolute atomic E-state index is 0.368. The molecule has 0 amide bonds. The van der Waals surface area contributed by atoms with Crippen LogP contribution in [0.15, 0.2) is 30.5 Å². The fourth-order valence-corrected chi connectivity index (χ4v) is 4.99. The highest BCUT2D eigenvalue weighted by Gasteiger charge is 2.33. The van der Waals surface area contributed by atoms with E-state index >= 15 is 0 Å². The first-order valence-electron chi connectivity index (χ1n) is 11.8. The van der Waals surface area contributed by atoms with Crippen LogP contribution in [0.2, 0.25) is 25.7 Å². The molecule has 2 N–H and O–H groups in total. The highest BCUT2D eigenvalue weighted by molar-refractivity contribution is 6.76. The van der Waals surface area contributed by atoms with Gasteiger partial charge in [0.05, 0.1) is 30.8 Å². The van der Waals surface area contributed by atoms with Gasteiger partial charge in [0.1, 0.15) is 12.2 Å². The third-order valence-electron chi connectivity index (χ3n) is 6.20. The topological polar surface area (TPSA) is 84.4 Å². The molecule has 2 aromatic heterocycles. The van der Waals surface area contributed by atoms with Gasteiger partial charge < -0.3 is 19.9 Å². The highest BCUT2D eigenvalue weighted by atomic mass is 28.3. The van der Waals surface area contributed by atoms with Gasteiger partial charge in [0.2, 0.25) is 0 Å². The lowest BCUT2D eigenvalue weighted by Crippen LogP contribution is -2.22. The summed E-state index contributed by atoms with van der Waals surface area (Å²) in [5, 5.41) is 0. The molecule has 0 spiro atoms. The second-order valence-corrected chi connectivity index (χ2v) is 15.5. The van der Waals surface area contributed by atoms with Crippen LogP contribution in [0.3, 0.4) is 0 Å². The van der Waals surface area contributed by atoms with Crippen LogP contribution in [0, 0.1) is 0 Å². The normalized spacial score (nSPS) is 16.1. The van der Waals surface area contributed by atoms with Gasteiger partial charge in [-0.15, -0.1) is 0 Å². The van der Waals surface area contributed by atoms with Crippen LogP contribution in [-0.2, 0) is 39.7 Å². The van der Waals surface area contributed by atoms with Crippen molar-refractivity contribution in [1.82, 2.24) is 14.5 Å². The molecule has 8 heteroatoms. The minimum atomic E-state index is -1.17. The molecule has 1 aromatic carbocycles. The molecular formula is C25H36N4O3Si. The summed E-state index contributed by atoms with van der Waals surface area (Å²) in [4.78, 5) is 9.57. The minimum Gasteiger partial charge on any atom is -0.361 e. The molecule has 0 bridgehead atoms. The van der Waals surface area contributed by atoms with Gasteiger partial charge in [-0.2, -0.15) is 0 Å². The third-order valence-corrected chi connectivity index (χ3v) is 7.90. The number of aryl methyl sites for hydroxylation is 1. The lowest BCUT2D eigenvalue weighted by molar-refractivity contribution is -0.149. The van der Waals surface area contributed by atoms with Crippen molar-refractivity contribution >= 4 is 19.2 Å². The molecule has 1 aliphatic heterocycles. The molecule has 0 saturated carbocycles. The van der Waals surface area contributed by atoms with E-state index in [0.717, 1.165) is 58.3 Å². The summed E-state index contributed by atoms with van der Waals surface area (Å²) < 4.78 is 20.0. The summed E-state index contributed by atoms with van der Waals surface area (Å²) in [5.74, 6) is -0.683. The molecule has 4 rings (SSSR count). The van der Waals surface area contributed by atoms with E-state index in [1.165, 1.54) is 0 Å². The van der Waals surface area contributed by atoms with Gasteiger partial charge in [-0.25, -0.2) is 9.97 Å². The largest absolute Gasteiger partial charge is 0.361 e. The zero-order valence-corrected chi connectivity index (χ0v) is 21.5. The molecule has 3 aromatic rings. The predicted octanol–water partition coefficient (Wildman–Crippen LogP) is 4.65. The molecule has 7 nitrogen and oxygen atoms in total. The Morgan fingerprint density at radius 1 is 1.15 bits per heavy atom. The van der Waals surface area contributed by atoms with Crippen molar-refractivity contribution in [3.63, 3.8) is 0 Å². The number of fused-ring (bicyclic) bond motifs is 1. The average molecular weight is 469 g/mol. The molecular weight excluding hydrogens is 432 g/mol. The Balaban J connectivity index is 1.74. The SMILES string of the molecule is CCc1c(-c2ccc(C3(C)OCCO3)cc2)n(COCC[Si](C)(C)C)c2ncc(CN)nc12. The molecule has 1 aliphatic rings. The van der Waals surface area contributed by atoms with Crippen LogP contribution in [0.5, 0.6) is 0 Å². The lowest BCUT2D eigenvalue weighted by atomic mass is 10.0. The molecule has 3 heterocycles. The fourth-order valence-electron chi connectivity index (χ4n) is 4.24. The van der Waals surface area contributed by atoms with Crippen LogP contribution in [0.1, 0.15) is 30.7 Å². The summed E-state index contributed by atoms with van der Waals surface area (Å²) >= 11 is 0. The van der Waals surface area contributed by atoms with Gasteiger partial charge in [0.25, 0.3) is 0 Å². The number of nitrogens with two attached hydrogens (primary N) is 1. The van der Waals surface area contributed by atoms with E-state index in [9.17, 15) is 0 Å². The van der Waals surface area contributed by atoms with E-state index in [2.05, 4.69) is 55.4 Å². The molecule has 0 aliphatic carbocycles. The van der Waals surface area contributed by atoms with Crippen molar-refractivity contribution in [2.75, 3.05) is 19.8 Å². The maximum Gasteiger partial charge on any atom is 0.192 e. The van der Waals surface area contributed by atoms with E-state index in [4.69, 9.17) is 29.9 Å². The molecule has 33 heavy (non-hydrogen) atoms. The Morgan fingerprint density at radius 3 is 2.45 bits per heavy atom. The summed E-state index contributed by atoms with van der Waals surface area (Å²) in [7, 11) is -1.17. The van der Waals surface area contributed by atoms with E-state index in [1.54, 1.807) is 6.20 Å². The average Bonchev–Trinajstić information content (AvgIpc) is 3.37. The second kappa shape index (κ2) is 9.64. The van der Waals surface area contributed by atoms with Crippen LogP contribution >= 0.6 is 0 Å². The Kier molecular flexibility index (Phi) is 7.02. The Labute approximate surface area is 197 Å². The van der Waals surface area contributed by atoms with Gasteiger partial charge in [-0.05, 0) is 25.0 Å². The summed E-state index contributed by atoms with van der Waals surface area (Å²) in [6, 6.07) is 9.54. The van der Waals surface area contributed by atoms with Crippen LogP contribution < -0.4 is 5.73 Å². The first kappa shape index (κ1) is 24.0. The van der Waals surface area contributed by atoms with Crippen molar-refractivity contribution in [2.24, 2.45) is 5.73 Å². The lowest BCUT2D eigenvalue weighted by Gasteiger charge is -2.23. The number of ether oxygens (including phenoxy) is 3. The Bertz CT molecular complexity index is 1100. The van der Waals surface area contributed by atoms with Gasteiger partial charge in [-0.1, -0.05) is 50.8 Å². The van der Waals surface area contributed by atoms with Crippen molar-refractivity contribution in [3.8, 4) is 11.3 Å². The predicted molar refractivity (Wildman–Crippen MR) is 134 cm³/mol. The highest BCUT2D eigenvalue weighted by Crippen LogP contribution is 2.36. The number of hydrogen-bond donors (Lipinski definition) is 1. The van der Waals surface area contributed by atoms with Crippen molar-refractivity contribution in [2.45, 2.75) is 65.0 Å². The zero-order valence-electron chi connectivity index (χ0n) is 20.5. The summed E-state index contributed by atoms with van der Waals surface area (Å²) in [6.45, 7) is 14.0. The van der Waals surface area contributed by atoms with E-state index in [-0.39, 0.29) is 0 Å². The van der Waals surface area contributed by atoms with Gasteiger partial charge in [-0.3, -0.25) is 4.57 Å². The smallest absolute Gasteiger partial charge is 0.192 e. The number of hydrogen-bond acceptors (Lipinski definition) is 6. The number of aromatic nitrogens is 3. The van der Waals surface area contributed by atoms with Crippen LogP contribution in [-0.4, -0.2) is 42.4 Å². The fraction of sp³-hybridized carbons (Fsp3) is 0.520. The maximum atomic E-state index is 6.17. The molecule has 1 saturated heterocycles. The summed E-state index contributed by atoms with van der Waals surface area (Å²) in [5.41, 5.74) is 12.8. The standard InChI is InChI=1S/C25H36N4O3Si/c1-6-21-22-24(27-16-20(15-26)28-22)29(17-30-13-14-33(3,4)5)23(21)18-7-9-19(10-8-18)25(2)31-11-12-32-25/h7-10,16H,6,11-15,17,26H2,1-5H3. The summed E-state index contributed by atoms with van der Waals surface area (Å²) in [6.07, 6.45) is 2.60. The first-order valence-corrected chi connectivity index (χ1v) is 15.5. The van der Waals surface area contributed by atoms with Crippen LogP contribution in [0.25, 0.3) is 22.4 Å². The van der Waals surface area contributed by atoms with Gasteiger partial charge >= 0.3 is 0 Å². The van der Waals surface area contributed by atoms with Crippen molar-refractivity contribution in [1.29, 1.82) is 0 Å². The quantitative estimate of drug-likeness (QED) is 0.363. The first-order chi connectivity index (χ1) is 15.8. The van der Waals surface area contributed by atoms with Crippen LogP contribution in [0.4, 0.5) is 0 Å². The Hall–Kier alpha value is -2.10. The molecule has 0 atom stereocenters. The second-order valence-electron chi connectivity index (χ2n) is 9.91. The number of nitrogens with zero attached hydrogens (tertiary/aromatic N) is 3. The van der Waals surface area contributed by atoms with E-state index < -0.39 is 13.9 Å². The maximum absolute atomic E-state index is 6.17. The molecule has 0 unspecified atom stereocenters. The van der Waals surface area contributed by atoms with Crippen molar-refractivity contribution < 1.29 is 14.2 Å². The van der Waals surface area contributed by atoms with E-state index in [0.29, 0.717) is 26.5 Å². The van der Waals surface area contributed by atoms with Gasteiger partial charge in [0, 0.05) is 32.4 Å². The Morgan fingerprint density at radius 2 is 1.85 bits per heavy atom. The number of rotatable bonds is 9. The van der Waals surface area contributed by atoms with E-state index in [1.807, 2.05) is 6.92 Å². The molecule has 0 radical (unpaired) electrons. The number of benzene rings is 1. The monoisotopic (exact) mass is 468 g/mol. The molecule has 178 valence electrons.